The number of hydrogen-bond donors (Lipinski definition) is 3. The molecule has 35 heavy (non-hydrogen) atoms. The van der Waals surface area contributed by atoms with Gasteiger partial charge in [0.25, 0.3) is 5.91 Å². The molecule has 0 bridgehead atoms. The first-order chi connectivity index (χ1) is 16.5. The van der Waals surface area contributed by atoms with Crippen LogP contribution >= 0.6 is 0 Å². The molecule has 0 radical (unpaired) electrons. The fourth-order valence-corrected chi connectivity index (χ4v) is 3.66. The van der Waals surface area contributed by atoms with Crippen molar-refractivity contribution in [3.05, 3.63) is 59.5 Å². The second-order valence-electron chi connectivity index (χ2n) is 8.13. The van der Waals surface area contributed by atoms with Gasteiger partial charge >= 0.3 is 12.1 Å². The van der Waals surface area contributed by atoms with Crippen LogP contribution in [0, 0.1) is 6.92 Å². The molecule has 0 aliphatic carbocycles. The number of carboxylic acid groups (broad SMARTS) is 1. The monoisotopic (exact) mass is 493 g/mol. The summed E-state index contributed by atoms with van der Waals surface area (Å²) in [7, 11) is 1.83. The van der Waals surface area contributed by atoms with Crippen LogP contribution in [0.3, 0.4) is 0 Å². The molecular formula is C22H26F3N7O3. The van der Waals surface area contributed by atoms with Crippen molar-refractivity contribution in [2.45, 2.75) is 32.1 Å². The summed E-state index contributed by atoms with van der Waals surface area (Å²) in [5.41, 5.74) is 9.34. The number of carbonyl (C=O) groups excluding carboxylic acids is 1. The van der Waals surface area contributed by atoms with Crippen molar-refractivity contribution in [1.29, 1.82) is 0 Å². The lowest BCUT2D eigenvalue weighted by Gasteiger charge is -2.15. The van der Waals surface area contributed by atoms with Gasteiger partial charge in [-0.05, 0) is 25.0 Å². The van der Waals surface area contributed by atoms with E-state index >= 15 is 0 Å². The number of alkyl halides is 3. The number of hydrogen-bond acceptors (Lipinski definition) is 6. The van der Waals surface area contributed by atoms with Crippen molar-refractivity contribution in [1.82, 2.24) is 24.5 Å². The molecule has 3 aromatic rings. The molecule has 188 valence electrons. The number of anilines is 1. The summed E-state index contributed by atoms with van der Waals surface area (Å²) < 4.78 is 35.1. The average Bonchev–Trinajstić information content (AvgIpc) is 3.49. The van der Waals surface area contributed by atoms with Crippen LogP contribution in [-0.4, -0.2) is 66.8 Å². The van der Waals surface area contributed by atoms with Crippen LogP contribution in [0.1, 0.15) is 28.0 Å². The molecule has 1 fully saturated rings. The number of aromatic nitrogens is 4. The third-order valence-corrected chi connectivity index (χ3v) is 5.29. The topological polar surface area (TPSA) is 131 Å². The number of aliphatic carboxylic acids is 1. The fraction of sp³-hybridized carbons (Fsp3) is 0.364. The van der Waals surface area contributed by atoms with Crippen LogP contribution in [-0.2, 0) is 18.4 Å². The van der Waals surface area contributed by atoms with Gasteiger partial charge in [-0.3, -0.25) is 14.4 Å². The van der Waals surface area contributed by atoms with Gasteiger partial charge < -0.3 is 16.2 Å². The number of benzene rings is 1. The summed E-state index contributed by atoms with van der Waals surface area (Å²) in [6, 6.07) is 9.91. The third-order valence-electron chi connectivity index (χ3n) is 5.29. The summed E-state index contributed by atoms with van der Waals surface area (Å²) >= 11 is 0. The Morgan fingerprint density at radius 3 is 2.54 bits per heavy atom. The number of carbonyl (C=O) groups is 2. The van der Waals surface area contributed by atoms with E-state index in [2.05, 4.69) is 20.4 Å². The highest BCUT2D eigenvalue weighted by atomic mass is 19.4. The van der Waals surface area contributed by atoms with E-state index in [1.165, 1.54) is 0 Å². The van der Waals surface area contributed by atoms with E-state index in [0.717, 1.165) is 36.3 Å². The van der Waals surface area contributed by atoms with Gasteiger partial charge in [0.2, 0.25) is 0 Å². The van der Waals surface area contributed by atoms with Gasteiger partial charge in [-0.2, -0.15) is 23.4 Å². The summed E-state index contributed by atoms with van der Waals surface area (Å²) in [6.45, 7) is 4.47. The minimum atomic E-state index is -5.08. The molecule has 1 saturated heterocycles. The van der Waals surface area contributed by atoms with Gasteiger partial charge in [0.1, 0.15) is 5.82 Å². The highest BCUT2D eigenvalue weighted by Crippen LogP contribution is 2.20. The van der Waals surface area contributed by atoms with E-state index in [1.807, 2.05) is 44.4 Å². The SMILES string of the molecule is Cc1ccccc1-n1nccc1NC(=O)c1nn(C)cc1CN1CCC(N)C1.O=C(O)C(F)(F)F. The zero-order chi connectivity index (χ0) is 25.8. The van der Waals surface area contributed by atoms with Crippen molar-refractivity contribution in [3.63, 3.8) is 0 Å². The highest BCUT2D eigenvalue weighted by Gasteiger charge is 2.38. The van der Waals surface area contributed by atoms with Gasteiger partial charge in [-0.1, -0.05) is 18.2 Å². The highest BCUT2D eigenvalue weighted by molar-refractivity contribution is 6.03. The van der Waals surface area contributed by atoms with Crippen molar-refractivity contribution in [3.8, 4) is 5.69 Å². The van der Waals surface area contributed by atoms with Crippen LogP contribution in [0.15, 0.2) is 42.7 Å². The quantitative estimate of drug-likeness (QED) is 0.497. The summed E-state index contributed by atoms with van der Waals surface area (Å²) in [4.78, 5) is 24.1. The van der Waals surface area contributed by atoms with Crippen molar-refractivity contribution in [2.24, 2.45) is 12.8 Å². The molecule has 1 unspecified atom stereocenters. The number of halogens is 3. The minimum Gasteiger partial charge on any atom is -0.475 e. The molecule has 1 atom stereocenters. The first kappa shape index (κ1) is 25.9. The van der Waals surface area contributed by atoms with Gasteiger partial charge in [0.05, 0.1) is 11.9 Å². The van der Waals surface area contributed by atoms with E-state index in [9.17, 15) is 18.0 Å². The molecule has 1 aliphatic heterocycles. The normalized spacial score (nSPS) is 16.0. The summed E-state index contributed by atoms with van der Waals surface area (Å²) in [6.07, 6.45) is -0.526. The fourth-order valence-electron chi connectivity index (χ4n) is 3.66. The van der Waals surface area contributed by atoms with Crippen LogP contribution in [0.2, 0.25) is 0 Å². The number of para-hydroxylation sites is 1. The molecular weight excluding hydrogens is 467 g/mol. The predicted octanol–water partition coefficient (Wildman–Crippen LogP) is 2.33. The van der Waals surface area contributed by atoms with Crippen molar-refractivity contribution in [2.75, 3.05) is 18.4 Å². The molecule has 1 aromatic carbocycles. The maximum Gasteiger partial charge on any atom is 0.490 e. The van der Waals surface area contributed by atoms with Gasteiger partial charge in [0.15, 0.2) is 5.69 Å². The lowest BCUT2D eigenvalue weighted by atomic mass is 10.2. The van der Waals surface area contributed by atoms with Crippen LogP contribution < -0.4 is 11.1 Å². The van der Waals surface area contributed by atoms with Gasteiger partial charge in [-0.25, -0.2) is 9.48 Å². The molecule has 13 heteroatoms. The Balaban J connectivity index is 0.000000429. The lowest BCUT2D eigenvalue weighted by Crippen LogP contribution is -2.27. The number of rotatable bonds is 5. The second-order valence-corrected chi connectivity index (χ2v) is 8.13. The van der Waals surface area contributed by atoms with Crippen molar-refractivity contribution >= 4 is 17.7 Å². The maximum atomic E-state index is 13.0. The number of nitrogens with one attached hydrogen (secondary N) is 1. The average molecular weight is 493 g/mol. The molecule has 4 rings (SSSR count). The molecule has 1 amide bonds. The van der Waals surface area contributed by atoms with Gasteiger partial charge in [0, 0.05) is 50.6 Å². The van der Waals surface area contributed by atoms with Crippen LogP contribution in [0.25, 0.3) is 5.69 Å². The molecule has 0 saturated carbocycles. The van der Waals surface area contributed by atoms with E-state index < -0.39 is 12.1 Å². The number of aryl methyl sites for hydroxylation is 2. The Kier molecular flexibility index (Phi) is 7.92. The Labute approximate surface area is 199 Å². The van der Waals surface area contributed by atoms with E-state index in [-0.39, 0.29) is 11.9 Å². The van der Waals surface area contributed by atoms with E-state index in [4.69, 9.17) is 15.6 Å². The van der Waals surface area contributed by atoms with Crippen LogP contribution in [0.4, 0.5) is 19.0 Å². The first-order valence-electron chi connectivity index (χ1n) is 10.7. The Hall–Kier alpha value is -3.71. The number of carboxylic acids is 1. The van der Waals surface area contributed by atoms with Gasteiger partial charge in [-0.15, -0.1) is 0 Å². The third kappa shape index (κ3) is 6.67. The minimum absolute atomic E-state index is 0.206. The number of nitrogens with two attached hydrogens (primary N) is 1. The predicted molar refractivity (Wildman–Crippen MR) is 121 cm³/mol. The van der Waals surface area contributed by atoms with Crippen LogP contribution in [0.5, 0.6) is 0 Å². The number of amides is 1. The molecule has 3 heterocycles. The standard InChI is InChI=1S/C20H25N7O.C2HF3O2/c1-14-5-3-4-6-17(14)27-18(7-9-22-27)23-20(28)19-15(11-25(2)24-19)12-26-10-8-16(21)13-26;3-2(4,5)1(6)7/h3-7,9,11,16H,8,10,12-13,21H2,1-2H3,(H,23,28);(H,6,7). The number of nitrogens with zero attached hydrogens (tertiary/aromatic N) is 5. The zero-order valence-corrected chi connectivity index (χ0v) is 19.2. The molecule has 1 aliphatic rings. The summed E-state index contributed by atoms with van der Waals surface area (Å²) in [5, 5.41) is 18.8. The smallest absolute Gasteiger partial charge is 0.475 e. The second kappa shape index (κ2) is 10.7. The largest absolute Gasteiger partial charge is 0.490 e. The lowest BCUT2D eigenvalue weighted by molar-refractivity contribution is -0.192. The van der Waals surface area contributed by atoms with E-state index in [1.54, 1.807) is 21.6 Å². The maximum absolute atomic E-state index is 13.0. The van der Waals surface area contributed by atoms with Crippen molar-refractivity contribution < 1.29 is 27.9 Å². The Morgan fingerprint density at radius 1 is 1.26 bits per heavy atom. The Bertz CT molecular complexity index is 1190. The number of likely N-dealkylation sites (tertiary alicyclic amines) is 1. The summed E-state index contributed by atoms with van der Waals surface area (Å²) in [5.74, 6) is -2.39. The Morgan fingerprint density at radius 2 is 1.94 bits per heavy atom. The van der Waals surface area contributed by atoms with E-state index in [0.29, 0.717) is 18.1 Å². The first-order valence-corrected chi connectivity index (χ1v) is 10.7. The molecule has 10 nitrogen and oxygen atoms in total. The zero-order valence-electron chi connectivity index (χ0n) is 19.2. The molecule has 2 aromatic heterocycles. The molecule has 0 spiro atoms. The molecule has 4 N–H and O–H groups in total.